The molecular weight excluding hydrogens is 314 g/mol. The van der Waals surface area contributed by atoms with E-state index in [1.165, 1.54) is 18.2 Å². The van der Waals surface area contributed by atoms with E-state index in [0.29, 0.717) is 5.75 Å². The first kappa shape index (κ1) is 15.3. The van der Waals surface area contributed by atoms with Crippen LogP contribution in [0.1, 0.15) is 0 Å². The third kappa shape index (κ3) is 4.21. The third-order valence-electron chi connectivity index (χ3n) is 2.53. The molecule has 0 bridgehead atoms. The number of halogens is 1. The van der Waals surface area contributed by atoms with Crippen molar-refractivity contribution in [3.05, 3.63) is 53.6 Å². The van der Waals surface area contributed by atoms with Gasteiger partial charge in [-0.1, -0.05) is 29.8 Å². The fourth-order valence-electron chi connectivity index (χ4n) is 1.60. The van der Waals surface area contributed by atoms with Gasteiger partial charge in [-0.15, -0.1) is 0 Å². The van der Waals surface area contributed by atoms with Gasteiger partial charge in [0.25, 0.3) is 0 Å². The molecular formula is C14H12ClNO4S. The van der Waals surface area contributed by atoms with Crippen molar-refractivity contribution in [2.75, 3.05) is 11.6 Å². The third-order valence-corrected chi connectivity index (χ3v) is 4.11. The summed E-state index contributed by atoms with van der Waals surface area (Å²) >= 11 is 5.82. The van der Waals surface area contributed by atoms with E-state index in [1.807, 2.05) is 0 Å². The zero-order chi connectivity index (χ0) is 15.5. The average Bonchev–Trinajstić information content (AvgIpc) is 2.41. The van der Waals surface area contributed by atoms with Gasteiger partial charge >= 0.3 is 6.09 Å². The molecule has 0 saturated heterocycles. The van der Waals surface area contributed by atoms with Crippen LogP contribution in [0.5, 0.6) is 5.75 Å². The van der Waals surface area contributed by atoms with Gasteiger partial charge in [-0.3, -0.25) is 5.32 Å². The van der Waals surface area contributed by atoms with Gasteiger partial charge in [-0.2, -0.15) is 0 Å². The molecule has 2 aromatic rings. The lowest BCUT2D eigenvalue weighted by Crippen LogP contribution is -2.17. The summed E-state index contributed by atoms with van der Waals surface area (Å²) in [4.78, 5) is 11.7. The van der Waals surface area contributed by atoms with Crippen LogP contribution in [0.2, 0.25) is 5.02 Å². The summed E-state index contributed by atoms with van der Waals surface area (Å²) in [6.45, 7) is 0. The molecule has 0 aliphatic heterocycles. The lowest BCUT2D eigenvalue weighted by Gasteiger charge is -2.08. The number of carbonyl (C=O) groups excluding carboxylic acids is 1. The molecule has 0 aliphatic rings. The number of benzene rings is 2. The van der Waals surface area contributed by atoms with Gasteiger partial charge in [0.05, 0.1) is 9.92 Å². The average molecular weight is 326 g/mol. The summed E-state index contributed by atoms with van der Waals surface area (Å²) in [7, 11) is -3.47. The van der Waals surface area contributed by atoms with Crippen LogP contribution in [-0.4, -0.2) is 20.8 Å². The Hall–Kier alpha value is -2.05. The molecule has 21 heavy (non-hydrogen) atoms. The smallest absolute Gasteiger partial charge is 0.410 e. The maximum absolute atomic E-state index is 11.7. The monoisotopic (exact) mass is 325 g/mol. The van der Waals surface area contributed by atoms with Crippen LogP contribution in [0.4, 0.5) is 10.5 Å². The van der Waals surface area contributed by atoms with Crippen molar-refractivity contribution >= 4 is 33.2 Å². The van der Waals surface area contributed by atoms with E-state index in [4.69, 9.17) is 16.3 Å². The van der Waals surface area contributed by atoms with Crippen LogP contribution in [-0.2, 0) is 9.84 Å². The van der Waals surface area contributed by atoms with E-state index in [2.05, 4.69) is 5.32 Å². The summed E-state index contributed by atoms with van der Waals surface area (Å²) in [5.74, 6) is 0.382. The Kier molecular flexibility index (Phi) is 4.50. The molecule has 0 aromatic heterocycles. The predicted octanol–water partition coefficient (Wildman–Crippen LogP) is 3.35. The van der Waals surface area contributed by atoms with E-state index in [9.17, 15) is 13.2 Å². The first-order valence-electron chi connectivity index (χ1n) is 5.90. The Bertz CT molecular complexity index is 760. The van der Waals surface area contributed by atoms with Crippen LogP contribution >= 0.6 is 11.6 Å². The molecule has 2 rings (SSSR count). The number of sulfone groups is 1. The highest BCUT2D eigenvalue weighted by molar-refractivity contribution is 7.90. The molecule has 1 amide bonds. The number of amides is 1. The molecule has 2 aromatic carbocycles. The summed E-state index contributed by atoms with van der Waals surface area (Å²) in [6, 6.07) is 12.7. The highest BCUT2D eigenvalue weighted by Crippen LogP contribution is 2.25. The number of para-hydroxylation sites is 1. The minimum atomic E-state index is -3.47. The molecule has 0 unspecified atom stereocenters. The highest BCUT2D eigenvalue weighted by atomic mass is 35.5. The van der Waals surface area contributed by atoms with Crippen LogP contribution in [0, 0.1) is 0 Å². The molecule has 0 spiro atoms. The van der Waals surface area contributed by atoms with Crippen molar-refractivity contribution in [2.45, 2.75) is 4.90 Å². The SMILES string of the molecule is CS(=O)(=O)c1cc(NC(=O)Oc2ccccc2)ccc1Cl. The molecule has 0 fully saturated rings. The minimum absolute atomic E-state index is 0.0540. The largest absolute Gasteiger partial charge is 0.417 e. The normalized spacial score (nSPS) is 11.0. The number of hydrogen-bond donors (Lipinski definition) is 1. The van der Waals surface area contributed by atoms with Gasteiger partial charge in [0.2, 0.25) is 0 Å². The van der Waals surface area contributed by atoms with Crippen molar-refractivity contribution in [3.63, 3.8) is 0 Å². The standard InChI is InChI=1S/C14H12ClNO4S/c1-21(18,19)13-9-10(7-8-12(13)15)16-14(17)20-11-5-3-2-4-6-11/h2-9H,1H3,(H,16,17). The molecule has 0 aliphatic carbocycles. The molecule has 0 radical (unpaired) electrons. The number of rotatable bonds is 3. The Morgan fingerprint density at radius 1 is 1.14 bits per heavy atom. The van der Waals surface area contributed by atoms with Crippen molar-refractivity contribution in [3.8, 4) is 5.75 Å². The maximum Gasteiger partial charge on any atom is 0.417 e. The van der Waals surface area contributed by atoms with Crippen LogP contribution < -0.4 is 10.1 Å². The summed E-state index contributed by atoms with van der Waals surface area (Å²) in [6.07, 6.45) is 0.322. The first-order valence-corrected chi connectivity index (χ1v) is 8.17. The Morgan fingerprint density at radius 2 is 1.81 bits per heavy atom. The molecule has 1 N–H and O–H groups in total. The lowest BCUT2D eigenvalue weighted by atomic mass is 10.3. The molecule has 0 heterocycles. The first-order chi connectivity index (χ1) is 9.86. The Balaban J connectivity index is 2.15. The highest BCUT2D eigenvalue weighted by Gasteiger charge is 2.14. The van der Waals surface area contributed by atoms with E-state index in [0.717, 1.165) is 6.26 Å². The fourth-order valence-corrected chi connectivity index (χ4v) is 2.91. The van der Waals surface area contributed by atoms with E-state index in [1.54, 1.807) is 30.3 Å². The van der Waals surface area contributed by atoms with Crippen molar-refractivity contribution in [1.82, 2.24) is 0 Å². The van der Waals surface area contributed by atoms with E-state index >= 15 is 0 Å². The van der Waals surface area contributed by atoms with Crippen LogP contribution in [0.15, 0.2) is 53.4 Å². The van der Waals surface area contributed by atoms with Gasteiger partial charge in [0.1, 0.15) is 5.75 Å². The summed E-state index contributed by atoms with van der Waals surface area (Å²) in [5.41, 5.74) is 0.278. The van der Waals surface area contributed by atoms with Gasteiger partial charge in [-0.05, 0) is 30.3 Å². The Labute approximate surface area is 127 Å². The number of hydrogen-bond acceptors (Lipinski definition) is 4. The maximum atomic E-state index is 11.7. The topological polar surface area (TPSA) is 72.5 Å². The number of nitrogens with one attached hydrogen (secondary N) is 1. The Morgan fingerprint density at radius 3 is 2.43 bits per heavy atom. The fraction of sp³-hybridized carbons (Fsp3) is 0.0714. The molecule has 0 atom stereocenters. The van der Waals surface area contributed by atoms with E-state index in [-0.39, 0.29) is 15.6 Å². The second kappa shape index (κ2) is 6.15. The second-order valence-corrected chi connectivity index (χ2v) is 6.64. The summed E-state index contributed by atoms with van der Waals surface area (Å²) < 4.78 is 28.2. The zero-order valence-corrected chi connectivity index (χ0v) is 12.6. The molecule has 5 nitrogen and oxygen atoms in total. The van der Waals surface area contributed by atoms with Gasteiger partial charge < -0.3 is 4.74 Å². The number of anilines is 1. The van der Waals surface area contributed by atoms with Crippen molar-refractivity contribution < 1.29 is 17.9 Å². The van der Waals surface area contributed by atoms with Crippen molar-refractivity contribution in [1.29, 1.82) is 0 Å². The predicted molar refractivity (Wildman–Crippen MR) is 80.7 cm³/mol. The van der Waals surface area contributed by atoms with Crippen LogP contribution in [0.3, 0.4) is 0 Å². The van der Waals surface area contributed by atoms with Gasteiger partial charge in [-0.25, -0.2) is 13.2 Å². The minimum Gasteiger partial charge on any atom is -0.410 e. The summed E-state index contributed by atoms with van der Waals surface area (Å²) in [5, 5.41) is 2.54. The number of carbonyl (C=O) groups is 1. The van der Waals surface area contributed by atoms with Crippen LogP contribution in [0.25, 0.3) is 0 Å². The zero-order valence-electron chi connectivity index (χ0n) is 11.0. The van der Waals surface area contributed by atoms with Gasteiger partial charge in [0.15, 0.2) is 9.84 Å². The molecule has 7 heteroatoms. The second-order valence-electron chi connectivity index (χ2n) is 4.24. The van der Waals surface area contributed by atoms with Gasteiger partial charge in [0, 0.05) is 11.9 Å². The number of ether oxygens (including phenoxy) is 1. The molecule has 0 saturated carbocycles. The lowest BCUT2D eigenvalue weighted by molar-refractivity contribution is 0.215. The quantitative estimate of drug-likeness (QED) is 0.939. The van der Waals surface area contributed by atoms with E-state index < -0.39 is 15.9 Å². The van der Waals surface area contributed by atoms with Crippen molar-refractivity contribution in [2.24, 2.45) is 0 Å². The molecule has 110 valence electrons.